The Morgan fingerprint density at radius 3 is 3.00 bits per heavy atom. The van der Waals surface area contributed by atoms with Crippen LogP contribution in [0.25, 0.3) is 11.0 Å². The first-order valence-corrected chi connectivity index (χ1v) is 7.78. The van der Waals surface area contributed by atoms with Gasteiger partial charge in [-0.1, -0.05) is 17.7 Å². The number of para-hydroxylation sites is 1. The lowest BCUT2D eigenvalue weighted by atomic mass is 9.97. The third-order valence-electron chi connectivity index (χ3n) is 4.85. The van der Waals surface area contributed by atoms with E-state index in [0.717, 1.165) is 22.5 Å². The summed E-state index contributed by atoms with van der Waals surface area (Å²) in [5.74, 6) is 0.601. The van der Waals surface area contributed by atoms with Crippen molar-refractivity contribution >= 4 is 28.6 Å². The number of fused-ring (bicyclic) bond motifs is 2. The molecule has 0 saturated carbocycles. The van der Waals surface area contributed by atoms with Crippen molar-refractivity contribution in [2.45, 2.75) is 37.8 Å². The summed E-state index contributed by atoms with van der Waals surface area (Å²) in [5, 5.41) is 0.751. The zero-order valence-corrected chi connectivity index (χ0v) is 12.2. The van der Waals surface area contributed by atoms with Crippen molar-refractivity contribution < 1.29 is 0 Å². The van der Waals surface area contributed by atoms with Gasteiger partial charge < -0.3 is 15.2 Å². The number of nitrogen functional groups attached to an aromatic ring is 1. The van der Waals surface area contributed by atoms with E-state index in [1.54, 1.807) is 0 Å². The predicted molar refractivity (Wildman–Crippen MR) is 82.0 cm³/mol. The number of benzene rings is 1. The molecule has 1 aromatic carbocycles. The molecule has 4 rings (SSSR count). The van der Waals surface area contributed by atoms with Crippen molar-refractivity contribution in [1.82, 2.24) is 14.5 Å². The highest BCUT2D eigenvalue weighted by molar-refractivity contribution is 6.35. The summed E-state index contributed by atoms with van der Waals surface area (Å²) >= 11 is 6.38. The van der Waals surface area contributed by atoms with E-state index in [1.165, 1.54) is 32.4 Å². The minimum atomic E-state index is 0.430. The molecule has 4 nitrogen and oxygen atoms in total. The predicted octanol–water partition coefficient (Wildman–Crippen LogP) is 3.07. The Bertz CT molecular complexity index is 651. The van der Waals surface area contributed by atoms with Crippen molar-refractivity contribution in [3.8, 4) is 0 Å². The number of piperidine rings is 1. The minimum Gasteiger partial charge on any atom is -0.369 e. The molecule has 0 amide bonds. The van der Waals surface area contributed by atoms with E-state index in [2.05, 4.69) is 14.5 Å². The van der Waals surface area contributed by atoms with Crippen LogP contribution in [0, 0.1) is 0 Å². The van der Waals surface area contributed by atoms with Crippen LogP contribution in [-0.2, 0) is 0 Å². The zero-order valence-electron chi connectivity index (χ0n) is 11.4. The third-order valence-corrected chi connectivity index (χ3v) is 5.15. The molecule has 2 N–H and O–H groups in total. The van der Waals surface area contributed by atoms with Gasteiger partial charge in [0.05, 0.1) is 16.1 Å². The van der Waals surface area contributed by atoms with Crippen molar-refractivity contribution in [1.29, 1.82) is 0 Å². The second-order valence-corrected chi connectivity index (χ2v) is 6.36. The van der Waals surface area contributed by atoms with E-state index in [4.69, 9.17) is 17.3 Å². The lowest BCUT2D eigenvalue weighted by Crippen LogP contribution is -2.38. The lowest BCUT2D eigenvalue weighted by molar-refractivity contribution is 0.158. The van der Waals surface area contributed by atoms with Gasteiger partial charge in [0.15, 0.2) is 0 Å². The summed E-state index contributed by atoms with van der Waals surface area (Å²) in [6.45, 7) is 2.43. The molecule has 3 heterocycles. The van der Waals surface area contributed by atoms with Crippen LogP contribution in [0.1, 0.15) is 31.7 Å². The van der Waals surface area contributed by atoms with Gasteiger partial charge in [-0.2, -0.15) is 0 Å². The average molecular weight is 291 g/mol. The maximum Gasteiger partial charge on any atom is 0.201 e. The fraction of sp³-hybridized carbons (Fsp3) is 0.533. The number of imidazole rings is 1. The molecule has 0 radical (unpaired) electrons. The van der Waals surface area contributed by atoms with Crippen LogP contribution in [0.4, 0.5) is 5.95 Å². The Balaban J connectivity index is 1.76. The second-order valence-electron chi connectivity index (χ2n) is 5.96. The molecule has 2 atom stereocenters. The molecule has 106 valence electrons. The van der Waals surface area contributed by atoms with E-state index in [1.807, 2.05) is 18.2 Å². The monoisotopic (exact) mass is 290 g/mol. The Kier molecular flexibility index (Phi) is 2.89. The van der Waals surface area contributed by atoms with Crippen LogP contribution >= 0.6 is 11.6 Å². The van der Waals surface area contributed by atoms with Crippen LogP contribution in [-0.4, -0.2) is 33.6 Å². The van der Waals surface area contributed by atoms with E-state index in [0.29, 0.717) is 18.0 Å². The summed E-state index contributed by atoms with van der Waals surface area (Å²) in [5.41, 5.74) is 8.08. The summed E-state index contributed by atoms with van der Waals surface area (Å²) < 4.78 is 2.17. The molecule has 0 spiro atoms. The van der Waals surface area contributed by atoms with Crippen LogP contribution in [0.3, 0.4) is 0 Å². The zero-order chi connectivity index (χ0) is 13.7. The topological polar surface area (TPSA) is 47.1 Å². The van der Waals surface area contributed by atoms with E-state index in [9.17, 15) is 0 Å². The molecular formula is C15H19ClN4. The van der Waals surface area contributed by atoms with Crippen molar-refractivity contribution in [3.05, 3.63) is 23.2 Å². The number of rotatable bonds is 1. The number of nitrogens with two attached hydrogens (primary N) is 1. The summed E-state index contributed by atoms with van der Waals surface area (Å²) in [6.07, 6.45) is 4.95. The average Bonchev–Trinajstić information content (AvgIpc) is 3.01. The van der Waals surface area contributed by atoms with Gasteiger partial charge in [0, 0.05) is 18.6 Å². The molecule has 1 aromatic heterocycles. The van der Waals surface area contributed by atoms with Gasteiger partial charge in [0.2, 0.25) is 5.95 Å². The normalized spacial score (nSPS) is 27.1. The molecule has 2 unspecified atom stereocenters. The Morgan fingerprint density at radius 2 is 2.10 bits per heavy atom. The van der Waals surface area contributed by atoms with E-state index >= 15 is 0 Å². The Hall–Kier alpha value is -1.26. The molecule has 2 fully saturated rings. The smallest absolute Gasteiger partial charge is 0.201 e. The lowest BCUT2D eigenvalue weighted by Gasteiger charge is -2.36. The maximum absolute atomic E-state index is 6.38. The van der Waals surface area contributed by atoms with Crippen LogP contribution in [0.15, 0.2) is 18.2 Å². The molecule has 2 aliphatic rings. The largest absolute Gasteiger partial charge is 0.369 e. The van der Waals surface area contributed by atoms with Gasteiger partial charge in [-0.25, -0.2) is 4.98 Å². The molecule has 20 heavy (non-hydrogen) atoms. The molecule has 2 saturated heterocycles. The van der Waals surface area contributed by atoms with E-state index < -0.39 is 0 Å². The first kappa shape index (κ1) is 12.5. The van der Waals surface area contributed by atoms with Crippen molar-refractivity contribution in [2.75, 3.05) is 18.8 Å². The number of nitrogens with zero attached hydrogens (tertiary/aromatic N) is 3. The van der Waals surface area contributed by atoms with Gasteiger partial charge in [0.25, 0.3) is 0 Å². The van der Waals surface area contributed by atoms with Crippen LogP contribution in [0.2, 0.25) is 5.02 Å². The first-order valence-electron chi connectivity index (χ1n) is 7.40. The highest BCUT2D eigenvalue weighted by atomic mass is 35.5. The summed E-state index contributed by atoms with van der Waals surface area (Å²) in [4.78, 5) is 7.10. The molecule has 2 aliphatic heterocycles. The van der Waals surface area contributed by atoms with Gasteiger partial charge >= 0.3 is 0 Å². The van der Waals surface area contributed by atoms with Gasteiger partial charge in [-0.3, -0.25) is 0 Å². The summed E-state index contributed by atoms with van der Waals surface area (Å²) in [6, 6.07) is 6.98. The number of halogens is 1. The van der Waals surface area contributed by atoms with Gasteiger partial charge in [0.1, 0.15) is 0 Å². The fourth-order valence-electron chi connectivity index (χ4n) is 3.93. The Morgan fingerprint density at radius 1 is 1.20 bits per heavy atom. The second kappa shape index (κ2) is 4.64. The molecule has 0 bridgehead atoms. The first-order chi connectivity index (χ1) is 9.74. The standard InChI is InChI=1S/C15H19ClN4/c16-12-4-1-5-13-14(12)20(15(17)18-13)11-6-8-19-7-2-3-10(19)9-11/h1,4-5,10-11H,2-3,6-9H2,(H2,17,18). The quantitative estimate of drug-likeness (QED) is 0.878. The molecule has 0 aliphatic carbocycles. The fourth-order valence-corrected chi connectivity index (χ4v) is 4.19. The van der Waals surface area contributed by atoms with Crippen LogP contribution < -0.4 is 5.73 Å². The van der Waals surface area contributed by atoms with Gasteiger partial charge in [-0.15, -0.1) is 0 Å². The Labute approximate surface area is 123 Å². The van der Waals surface area contributed by atoms with Crippen molar-refractivity contribution in [3.63, 3.8) is 0 Å². The number of hydrogen-bond acceptors (Lipinski definition) is 3. The number of anilines is 1. The molecular weight excluding hydrogens is 272 g/mol. The number of hydrogen-bond donors (Lipinski definition) is 1. The highest BCUT2D eigenvalue weighted by Crippen LogP contribution is 2.37. The molecule has 2 aromatic rings. The van der Waals surface area contributed by atoms with Crippen molar-refractivity contribution in [2.24, 2.45) is 0 Å². The third kappa shape index (κ3) is 1.82. The van der Waals surface area contributed by atoms with Gasteiger partial charge in [-0.05, 0) is 44.4 Å². The SMILES string of the molecule is Nc1nc2cccc(Cl)c2n1C1CCN2CCCC2C1. The molecule has 5 heteroatoms. The number of aromatic nitrogens is 2. The highest BCUT2D eigenvalue weighted by Gasteiger charge is 2.33. The van der Waals surface area contributed by atoms with Crippen LogP contribution in [0.5, 0.6) is 0 Å². The van der Waals surface area contributed by atoms with E-state index in [-0.39, 0.29) is 0 Å². The maximum atomic E-state index is 6.38. The summed E-state index contributed by atoms with van der Waals surface area (Å²) in [7, 11) is 0. The minimum absolute atomic E-state index is 0.430.